The Morgan fingerprint density at radius 3 is 2.33 bits per heavy atom. The molecule has 0 aromatic heterocycles. The molecule has 18 heavy (non-hydrogen) atoms. The second-order valence-electron chi connectivity index (χ2n) is 3.10. The van der Waals surface area contributed by atoms with Gasteiger partial charge in [-0.15, -0.1) is 0 Å². The summed E-state index contributed by atoms with van der Waals surface area (Å²) in [6.07, 6.45) is -5.15. The highest BCUT2D eigenvalue weighted by atomic mass is 19.4. The van der Waals surface area contributed by atoms with E-state index in [9.17, 15) is 32.5 Å². The SMILES string of the molecule is COC(=O)c1cc([N+](=O)[O-])cc(C(F)(F)F)c1F. The Morgan fingerprint density at radius 1 is 1.39 bits per heavy atom. The molecule has 1 aromatic rings. The Hall–Kier alpha value is -2.19. The van der Waals surface area contributed by atoms with E-state index in [-0.39, 0.29) is 6.07 Å². The van der Waals surface area contributed by atoms with Gasteiger partial charge in [0.15, 0.2) is 0 Å². The lowest BCUT2D eigenvalue weighted by Crippen LogP contribution is -2.14. The van der Waals surface area contributed by atoms with Crippen LogP contribution in [0.3, 0.4) is 0 Å². The molecule has 0 aliphatic rings. The molecule has 0 spiro atoms. The number of benzene rings is 1. The van der Waals surface area contributed by atoms with Gasteiger partial charge in [-0.1, -0.05) is 0 Å². The van der Waals surface area contributed by atoms with E-state index < -0.39 is 39.7 Å². The van der Waals surface area contributed by atoms with Gasteiger partial charge in [-0.2, -0.15) is 13.2 Å². The predicted molar refractivity (Wildman–Crippen MR) is 49.4 cm³/mol. The smallest absolute Gasteiger partial charge is 0.419 e. The summed E-state index contributed by atoms with van der Waals surface area (Å²) < 4.78 is 54.7. The molecule has 9 heteroatoms. The normalized spacial score (nSPS) is 11.2. The summed E-state index contributed by atoms with van der Waals surface area (Å²) in [4.78, 5) is 20.3. The number of esters is 1. The van der Waals surface area contributed by atoms with Crippen molar-refractivity contribution in [1.82, 2.24) is 0 Å². The molecule has 98 valence electrons. The van der Waals surface area contributed by atoms with Crippen molar-refractivity contribution >= 4 is 11.7 Å². The van der Waals surface area contributed by atoms with Crippen molar-refractivity contribution in [2.24, 2.45) is 0 Å². The molecule has 0 radical (unpaired) electrons. The largest absolute Gasteiger partial charge is 0.465 e. The van der Waals surface area contributed by atoms with Gasteiger partial charge < -0.3 is 4.74 Å². The van der Waals surface area contributed by atoms with Crippen LogP contribution in [-0.2, 0) is 10.9 Å². The first-order chi connectivity index (χ1) is 8.18. The topological polar surface area (TPSA) is 69.4 Å². The second-order valence-corrected chi connectivity index (χ2v) is 3.10. The predicted octanol–water partition coefficient (Wildman–Crippen LogP) is 2.54. The summed E-state index contributed by atoms with van der Waals surface area (Å²) in [5.41, 5.74) is -4.08. The number of rotatable bonds is 2. The molecule has 0 saturated carbocycles. The highest BCUT2D eigenvalue weighted by Gasteiger charge is 2.38. The second kappa shape index (κ2) is 4.59. The third-order valence-corrected chi connectivity index (χ3v) is 1.98. The molecule has 1 rings (SSSR count). The quantitative estimate of drug-likeness (QED) is 0.357. The summed E-state index contributed by atoms with van der Waals surface area (Å²) >= 11 is 0. The summed E-state index contributed by atoms with van der Waals surface area (Å²) in [7, 11) is 0.813. The Balaban J connectivity index is 3.58. The lowest BCUT2D eigenvalue weighted by atomic mass is 10.1. The summed E-state index contributed by atoms with van der Waals surface area (Å²) in [6, 6.07) is 0.401. The first-order valence-corrected chi connectivity index (χ1v) is 4.32. The number of nitro benzene ring substituents is 1. The number of ether oxygens (including phenoxy) is 1. The van der Waals surface area contributed by atoms with Gasteiger partial charge in [0.2, 0.25) is 0 Å². The molecule has 0 unspecified atom stereocenters. The minimum absolute atomic E-state index is 0.0156. The number of halogens is 4. The van der Waals surface area contributed by atoms with Crippen molar-refractivity contribution in [3.8, 4) is 0 Å². The maximum atomic E-state index is 13.4. The van der Waals surface area contributed by atoms with Crippen LogP contribution in [0.2, 0.25) is 0 Å². The van der Waals surface area contributed by atoms with Crippen LogP contribution in [0.5, 0.6) is 0 Å². The molecule has 0 N–H and O–H groups in total. The Kier molecular flexibility index (Phi) is 3.54. The van der Waals surface area contributed by atoms with Gasteiger partial charge in [0.25, 0.3) is 5.69 Å². The number of nitro groups is 1. The van der Waals surface area contributed by atoms with Crippen molar-refractivity contribution in [3.05, 3.63) is 39.2 Å². The third kappa shape index (κ3) is 2.55. The monoisotopic (exact) mass is 267 g/mol. The van der Waals surface area contributed by atoms with Crippen LogP contribution < -0.4 is 0 Å². The van der Waals surface area contributed by atoms with Gasteiger partial charge in [0.05, 0.1) is 17.6 Å². The average Bonchev–Trinajstić information content (AvgIpc) is 2.26. The van der Waals surface area contributed by atoms with Crippen molar-refractivity contribution in [3.63, 3.8) is 0 Å². The molecule has 0 saturated heterocycles. The van der Waals surface area contributed by atoms with E-state index in [1.807, 2.05) is 0 Å². The molecule has 0 atom stereocenters. The molecule has 1 aromatic carbocycles. The Morgan fingerprint density at radius 2 is 1.94 bits per heavy atom. The minimum atomic E-state index is -5.15. The highest BCUT2D eigenvalue weighted by molar-refractivity contribution is 5.90. The van der Waals surface area contributed by atoms with Crippen LogP contribution in [0, 0.1) is 15.9 Å². The molecular weight excluding hydrogens is 262 g/mol. The first-order valence-electron chi connectivity index (χ1n) is 4.32. The van der Waals surface area contributed by atoms with E-state index in [1.54, 1.807) is 0 Å². The third-order valence-electron chi connectivity index (χ3n) is 1.98. The number of carbonyl (C=O) groups is 1. The minimum Gasteiger partial charge on any atom is -0.465 e. The Labute approximate surface area is 97.1 Å². The number of alkyl halides is 3. The van der Waals surface area contributed by atoms with Gasteiger partial charge in [0, 0.05) is 12.1 Å². The fourth-order valence-electron chi connectivity index (χ4n) is 1.18. The zero-order valence-corrected chi connectivity index (χ0v) is 8.75. The van der Waals surface area contributed by atoms with E-state index in [0.717, 1.165) is 7.11 Å². The van der Waals surface area contributed by atoms with Gasteiger partial charge in [-0.3, -0.25) is 10.1 Å². The zero-order valence-electron chi connectivity index (χ0n) is 8.75. The molecule has 0 fully saturated rings. The Bertz CT molecular complexity index is 512. The van der Waals surface area contributed by atoms with Gasteiger partial charge in [0.1, 0.15) is 11.4 Å². The summed E-state index contributed by atoms with van der Waals surface area (Å²) in [5.74, 6) is -3.33. The molecular formula is C9H5F4NO4. The summed E-state index contributed by atoms with van der Waals surface area (Å²) in [5, 5.41) is 10.4. The van der Waals surface area contributed by atoms with E-state index in [0.29, 0.717) is 6.07 Å². The van der Waals surface area contributed by atoms with E-state index in [2.05, 4.69) is 4.74 Å². The van der Waals surface area contributed by atoms with Crippen molar-refractivity contribution in [1.29, 1.82) is 0 Å². The summed E-state index contributed by atoms with van der Waals surface area (Å²) in [6.45, 7) is 0. The van der Waals surface area contributed by atoms with E-state index in [1.165, 1.54) is 0 Å². The van der Waals surface area contributed by atoms with Gasteiger partial charge >= 0.3 is 12.1 Å². The van der Waals surface area contributed by atoms with Crippen molar-refractivity contribution < 1.29 is 32.0 Å². The van der Waals surface area contributed by atoms with Crippen LogP contribution in [0.4, 0.5) is 23.2 Å². The number of nitrogens with zero attached hydrogens (tertiary/aromatic N) is 1. The number of non-ortho nitro benzene ring substituents is 1. The molecule has 0 aliphatic carbocycles. The number of hydrogen-bond acceptors (Lipinski definition) is 4. The van der Waals surface area contributed by atoms with Gasteiger partial charge in [-0.25, -0.2) is 9.18 Å². The van der Waals surface area contributed by atoms with Crippen molar-refractivity contribution in [2.45, 2.75) is 6.18 Å². The van der Waals surface area contributed by atoms with Crippen molar-refractivity contribution in [2.75, 3.05) is 7.11 Å². The van der Waals surface area contributed by atoms with Crippen LogP contribution in [0.25, 0.3) is 0 Å². The highest BCUT2D eigenvalue weighted by Crippen LogP contribution is 2.35. The van der Waals surface area contributed by atoms with E-state index in [4.69, 9.17) is 0 Å². The molecule has 0 amide bonds. The standard InChI is InChI=1S/C9H5F4NO4/c1-18-8(15)5-2-4(14(16)17)3-6(7(5)10)9(11,12)13/h2-3H,1H3. The lowest BCUT2D eigenvalue weighted by molar-refractivity contribution is -0.385. The molecule has 5 nitrogen and oxygen atoms in total. The van der Waals surface area contributed by atoms with Crippen LogP contribution in [0.1, 0.15) is 15.9 Å². The lowest BCUT2D eigenvalue weighted by Gasteiger charge is -2.10. The fourth-order valence-corrected chi connectivity index (χ4v) is 1.18. The first kappa shape index (κ1) is 13.9. The average molecular weight is 267 g/mol. The number of carbonyl (C=O) groups excluding carboxylic acids is 1. The maximum absolute atomic E-state index is 13.4. The molecule has 0 bridgehead atoms. The van der Waals surface area contributed by atoms with Gasteiger partial charge in [-0.05, 0) is 0 Å². The number of hydrogen-bond donors (Lipinski definition) is 0. The maximum Gasteiger partial charge on any atom is 0.419 e. The van der Waals surface area contributed by atoms with Crippen LogP contribution >= 0.6 is 0 Å². The molecule has 0 aliphatic heterocycles. The van der Waals surface area contributed by atoms with E-state index >= 15 is 0 Å². The van der Waals surface area contributed by atoms with Crippen LogP contribution in [-0.4, -0.2) is 18.0 Å². The number of methoxy groups -OCH3 is 1. The molecule has 0 heterocycles. The zero-order chi connectivity index (χ0) is 14.1. The van der Waals surface area contributed by atoms with Crippen LogP contribution in [0.15, 0.2) is 12.1 Å². The fraction of sp³-hybridized carbons (Fsp3) is 0.222.